The van der Waals surface area contributed by atoms with Gasteiger partial charge < -0.3 is 10.2 Å². The van der Waals surface area contributed by atoms with Gasteiger partial charge in [0.2, 0.25) is 0 Å². The number of hydrogen-bond donors (Lipinski definition) is 1. The van der Waals surface area contributed by atoms with Gasteiger partial charge in [-0.15, -0.1) is 0 Å². The molecular weight excluding hydrogens is 226 g/mol. The van der Waals surface area contributed by atoms with Gasteiger partial charge in [-0.3, -0.25) is 14.9 Å². The molecule has 2 N–H and O–H groups in total. The molecule has 0 unspecified atom stereocenters. The van der Waals surface area contributed by atoms with Crippen molar-refractivity contribution in [3.63, 3.8) is 0 Å². The number of nitrogens with two attached hydrogens (primary N) is 1. The van der Waals surface area contributed by atoms with Gasteiger partial charge >= 0.3 is 0 Å². The summed E-state index contributed by atoms with van der Waals surface area (Å²) in [5, 5.41) is 10.5. The molecule has 1 heterocycles. The van der Waals surface area contributed by atoms with Gasteiger partial charge in [0.25, 0.3) is 17.3 Å². The Hall–Kier alpha value is -2.70. The van der Waals surface area contributed by atoms with Crippen LogP contribution in [-0.4, -0.2) is 9.91 Å². The van der Waals surface area contributed by atoms with Gasteiger partial charge in [-0.2, -0.15) is 4.98 Å². The largest absolute Gasteiger partial charge is 0.425 e. The first-order valence-electron chi connectivity index (χ1n) is 4.59. The van der Waals surface area contributed by atoms with Gasteiger partial charge in [-0.25, -0.2) is 0 Å². The topological polar surface area (TPSA) is 112 Å². The highest BCUT2D eigenvalue weighted by Crippen LogP contribution is 2.21. The van der Waals surface area contributed by atoms with Crippen molar-refractivity contribution in [3.8, 4) is 11.3 Å². The Kier molecular flexibility index (Phi) is 2.57. The Labute approximate surface area is 94.7 Å². The summed E-state index contributed by atoms with van der Waals surface area (Å²) in [6.45, 7) is 0. The van der Waals surface area contributed by atoms with Crippen LogP contribution in [0.1, 0.15) is 0 Å². The number of benzene rings is 1. The first-order chi connectivity index (χ1) is 8.06. The predicted octanol–water partition coefficient (Wildman–Crippen LogP) is 1.19. The van der Waals surface area contributed by atoms with E-state index < -0.39 is 10.5 Å². The van der Waals surface area contributed by atoms with E-state index in [1.165, 1.54) is 24.3 Å². The Balaban J connectivity index is 2.46. The molecule has 0 aliphatic carbocycles. The third-order valence-electron chi connectivity index (χ3n) is 2.05. The van der Waals surface area contributed by atoms with E-state index in [1.54, 1.807) is 0 Å². The van der Waals surface area contributed by atoms with Gasteiger partial charge in [-0.05, 0) is 12.1 Å². The van der Waals surface area contributed by atoms with Crippen LogP contribution in [0.2, 0.25) is 0 Å². The van der Waals surface area contributed by atoms with Gasteiger partial charge in [0, 0.05) is 23.8 Å². The lowest BCUT2D eigenvalue weighted by molar-refractivity contribution is -0.384. The van der Waals surface area contributed by atoms with Crippen molar-refractivity contribution in [1.29, 1.82) is 0 Å². The number of nitrogens with zero attached hydrogens (tertiary/aromatic N) is 2. The molecule has 2 aromatic rings. The van der Waals surface area contributed by atoms with Crippen LogP contribution in [0.5, 0.6) is 0 Å². The van der Waals surface area contributed by atoms with Gasteiger partial charge in [0.15, 0.2) is 0 Å². The van der Waals surface area contributed by atoms with E-state index >= 15 is 0 Å². The van der Waals surface area contributed by atoms with Crippen molar-refractivity contribution in [2.45, 2.75) is 0 Å². The van der Waals surface area contributed by atoms with Crippen LogP contribution in [0.3, 0.4) is 0 Å². The number of hydrogen-bond acceptors (Lipinski definition) is 6. The third kappa shape index (κ3) is 2.28. The number of non-ortho nitro benzene ring substituents is 1. The van der Waals surface area contributed by atoms with Gasteiger partial charge in [0.1, 0.15) is 5.76 Å². The summed E-state index contributed by atoms with van der Waals surface area (Å²) in [5.74, 6) is 0.220. The highest BCUT2D eigenvalue weighted by atomic mass is 16.6. The molecule has 0 saturated heterocycles. The molecule has 0 spiro atoms. The van der Waals surface area contributed by atoms with Crippen LogP contribution in [0.25, 0.3) is 11.3 Å². The molecule has 0 fully saturated rings. The van der Waals surface area contributed by atoms with Crippen molar-refractivity contribution < 1.29 is 9.34 Å². The summed E-state index contributed by atoms with van der Waals surface area (Å²) in [6, 6.07) is 6.48. The van der Waals surface area contributed by atoms with E-state index in [4.69, 9.17) is 10.2 Å². The number of nitro groups is 1. The first kappa shape index (κ1) is 10.8. The average molecular weight is 233 g/mol. The van der Waals surface area contributed by atoms with Crippen LogP contribution in [-0.2, 0) is 0 Å². The standard InChI is InChI=1S/C10H7N3O4/c11-10-12-9(14)5-8(17-10)6-1-3-7(4-2-6)13(15)16/h1-5H,(H2,11,12,14). The quantitative estimate of drug-likeness (QED) is 0.615. The maximum atomic E-state index is 11.1. The van der Waals surface area contributed by atoms with E-state index in [0.29, 0.717) is 5.56 Å². The van der Waals surface area contributed by atoms with Gasteiger partial charge in [0.05, 0.1) is 4.92 Å². The maximum absolute atomic E-state index is 11.1. The van der Waals surface area contributed by atoms with Crippen molar-refractivity contribution in [1.82, 2.24) is 4.98 Å². The smallest absolute Gasteiger partial charge is 0.295 e. The van der Waals surface area contributed by atoms with Crippen LogP contribution in [0.4, 0.5) is 11.7 Å². The van der Waals surface area contributed by atoms with Crippen molar-refractivity contribution in [2.75, 3.05) is 5.73 Å². The Morgan fingerprint density at radius 2 is 1.94 bits per heavy atom. The molecule has 17 heavy (non-hydrogen) atoms. The predicted molar refractivity (Wildman–Crippen MR) is 59.3 cm³/mol. The summed E-state index contributed by atoms with van der Waals surface area (Å²) >= 11 is 0. The molecule has 7 nitrogen and oxygen atoms in total. The lowest BCUT2D eigenvalue weighted by atomic mass is 10.1. The van der Waals surface area contributed by atoms with E-state index in [2.05, 4.69) is 4.98 Å². The molecule has 0 aliphatic heterocycles. The van der Waals surface area contributed by atoms with E-state index in [9.17, 15) is 14.9 Å². The molecule has 7 heteroatoms. The zero-order chi connectivity index (χ0) is 12.4. The lowest BCUT2D eigenvalue weighted by Crippen LogP contribution is -2.07. The van der Waals surface area contributed by atoms with E-state index in [1.807, 2.05) is 0 Å². The number of rotatable bonds is 2. The number of nitrogen functional groups attached to an aromatic ring is 1. The molecule has 0 amide bonds. The van der Waals surface area contributed by atoms with Crippen LogP contribution in [0.15, 0.2) is 39.5 Å². The van der Waals surface area contributed by atoms with E-state index in [-0.39, 0.29) is 17.5 Å². The molecule has 1 aromatic carbocycles. The molecule has 0 radical (unpaired) electrons. The van der Waals surface area contributed by atoms with Crippen molar-refractivity contribution in [2.24, 2.45) is 0 Å². The molecule has 1 aromatic heterocycles. The molecule has 2 rings (SSSR count). The maximum Gasteiger partial charge on any atom is 0.295 e. The highest BCUT2D eigenvalue weighted by Gasteiger charge is 2.08. The summed E-state index contributed by atoms with van der Waals surface area (Å²) in [7, 11) is 0. The minimum absolute atomic E-state index is 0.0434. The van der Waals surface area contributed by atoms with Crippen LogP contribution < -0.4 is 11.3 Å². The second kappa shape index (κ2) is 4.05. The lowest BCUT2D eigenvalue weighted by Gasteiger charge is -2.00. The minimum atomic E-state index is -0.526. The zero-order valence-corrected chi connectivity index (χ0v) is 8.49. The monoisotopic (exact) mass is 233 g/mol. The third-order valence-corrected chi connectivity index (χ3v) is 2.05. The normalized spacial score (nSPS) is 10.1. The van der Waals surface area contributed by atoms with Crippen LogP contribution in [0, 0.1) is 10.1 Å². The Morgan fingerprint density at radius 1 is 1.29 bits per heavy atom. The molecule has 0 bridgehead atoms. The highest BCUT2D eigenvalue weighted by molar-refractivity contribution is 5.59. The second-order valence-corrected chi connectivity index (χ2v) is 3.20. The Morgan fingerprint density at radius 3 is 2.47 bits per heavy atom. The molecular formula is C10H7N3O4. The fourth-order valence-electron chi connectivity index (χ4n) is 1.31. The zero-order valence-electron chi connectivity index (χ0n) is 8.49. The van der Waals surface area contributed by atoms with Crippen LogP contribution >= 0.6 is 0 Å². The van der Waals surface area contributed by atoms with Gasteiger partial charge in [-0.1, -0.05) is 0 Å². The fraction of sp³-hybridized carbons (Fsp3) is 0. The van der Waals surface area contributed by atoms with E-state index in [0.717, 1.165) is 6.07 Å². The molecule has 0 aliphatic rings. The Bertz CT molecular complexity index is 618. The summed E-state index contributed by atoms with van der Waals surface area (Å²) in [4.78, 5) is 24.4. The second-order valence-electron chi connectivity index (χ2n) is 3.20. The minimum Gasteiger partial charge on any atom is -0.425 e. The van der Waals surface area contributed by atoms with Crippen molar-refractivity contribution in [3.05, 3.63) is 50.8 Å². The molecule has 0 saturated carbocycles. The number of aromatic nitrogens is 1. The summed E-state index contributed by atoms with van der Waals surface area (Å²) in [6.07, 6.45) is 0. The fourth-order valence-corrected chi connectivity index (χ4v) is 1.31. The van der Waals surface area contributed by atoms with Crippen molar-refractivity contribution >= 4 is 11.7 Å². The molecule has 86 valence electrons. The average Bonchev–Trinajstić information content (AvgIpc) is 2.28. The first-order valence-corrected chi connectivity index (χ1v) is 4.59. The SMILES string of the molecule is Nc1nc(=O)cc(-c2ccc([N+](=O)[O-])cc2)o1. The number of anilines is 1. The summed E-state index contributed by atoms with van der Waals surface area (Å²) < 4.78 is 5.04. The molecule has 0 atom stereocenters. The summed E-state index contributed by atoms with van der Waals surface area (Å²) in [5.41, 5.74) is 5.24. The number of nitro benzene ring substituents is 1.